The molecule has 2 amide bonds. The number of halogens is 1. The Morgan fingerprint density at radius 3 is 2.50 bits per heavy atom. The summed E-state index contributed by atoms with van der Waals surface area (Å²) >= 11 is 1.38. The smallest absolute Gasteiger partial charge is 0.250 e. The summed E-state index contributed by atoms with van der Waals surface area (Å²) in [6.07, 6.45) is 7.23. The molecule has 0 spiro atoms. The second-order valence-corrected chi connectivity index (χ2v) is 10.6. The van der Waals surface area contributed by atoms with E-state index in [1.807, 2.05) is 57.0 Å². The van der Waals surface area contributed by atoms with Crippen molar-refractivity contribution in [1.29, 1.82) is 0 Å². The van der Waals surface area contributed by atoms with Gasteiger partial charge in [0.1, 0.15) is 11.9 Å². The minimum Gasteiger partial charge on any atom is -0.341 e. The molecule has 0 N–H and O–H groups in total. The Balaban J connectivity index is 2.17. The predicted octanol–water partition coefficient (Wildman–Crippen LogP) is 7.48. The van der Waals surface area contributed by atoms with Crippen LogP contribution in [0.15, 0.2) is 65.4 Å². The first-order chi connectivity index (χ1) is 17.3. The van der Waals surface area contributed by atoms with E-state index < -0.39 is 11.9 Å². The molecule has 6 heteroatoms. The molecule has 0 bridgehead atoms. The van der Waals surface area contributed by atoms with Crippen molar-refractivity contribution >= 4 is 29.3 Å². The SMILES string of the molecule is C=CS/C(=C\C)CC(=O)N(c1cccc(F)c1)C(C(=O)N(C)C1CCCCC1)c1cc(C)ccc1C. The molecule has 1 unspecified atom stereocenters. The number of likely N-dealkylation sites (N-methyl/N-ethyl adjacent to an activating group) is 1. The van der Waals surface area contributed by atoms with Crippen LogP contribution in [0.3, 0.4) is 0 Å². The molecule has 192 valence electrons. The van der Waals surface area contributed by atoms with Gasteiger partial charge in [0.05, 0.1) is 6.42 Å². The molecule has 1 saturated carbocycles. The largest absolute Gasteiger partial charge is 0.341 e. The molecule has 0 aromatic heterocycles. The quantitative estimate of drug-likeness (QED) is 0.353. The number of rotatable bonds is 9. The van der Waals surface area contributed by atoms with Crippen molar-refractivity contribution in [2.24, 2.45) is 0 Å². The number of thioether (sulfide) groups is 1. The third-order valence-electron chi connectivity index (χ3n) is 6.93. The number of hydrogen-bond acceptors (Lipinski definition) is 3. The minimum absolute atomic E-state index is 0.0888. The van der Waals surface area contributed by atoms with E-state index in [1.54, 1.807) is 17.5 Å². The molecule has 0 saturated heterocycles. The maximum Gasteiger partial charge on any atom is 0.250 e. The van der Waals surface area contributed by atoms with Crippen molar-refractivity contribution in [2.45, 2.75) is 71.4 Å². The fraction of sp³-hybridized carbons (Fsp3) is 0.400. The van der Waals surface area contributed by atoms with E-state index in [1.165, 1.54) is 35.2 Å². The molecule has 1 aliphatic carbocycles. The highest BCUT2D eigenvalue weighted by Gasteiger charge is 2.37. The van der Waals surface area contributed by atoms with Crippen LogP contribution in [-0.2, 0) is 9.59 Å². The van der Waals surface area contributed by atoms with Crippen LogP contribution in [0.2, 0.25) is 0 Å². The van der Waals surface area contributed by atoms with E-state index in [-0.39, 0.29) is 24.3 Å². The topological polar surface area (TPSA) is 40.6 Å². The number of benzene rings is 2. The average molecular weight is 509 g/mol. The maximum absolute atomic E-state index is 14.4. The zero-order valence-electron chi connectivity index (χ0n) is 21.8. The summed E-state index contributed by atoms with van der Waals surface area (Å²) in [5, 5.41) is 1.68. The summed E-state index contributed by atoms with van der Waals surface area (Å²) in [4.78, 5) is 32.4. The molecule has 1 aliphatic rings. The number of aryl methyl sites for hydroxylation is 2. The van der Waals surface area contributed by atoms with E-state index >= 15 is 0 Å². The normalized spacial score (nSPS) is 15.3. The Morgan fingerprint density at radius 1 is 1.14 bits per heavy atom. The Morgan fingerprint density at radius 2 is 1.86 bits per heavy atom. The highest BCUT2D eigenvalue weighted by atomic mass is 32.2. The van der Waals surface area contributed by atoms with E-state index in [9.17, 15) is 14.0 Å². The van der Waals surface area contributed by atoms with Gasteiger partial charge in [-0.15, -0.1) is 11.8 Å². The number of hydrogen-bond donors (Lipinski definition) is 0. The third kappa shape index (κ3) is 6.67. The Bertz CT molecular complexity index is 1120. The van der Waals surface area contributed by atoms with Crippen molar-refractivity contribution in [3.63, 3.8) is 0 Å². The lowest BCUT2D eigenvalue weighted by Gasteiger charge is -2.38. The monoisotopic (exact) mass is 508 g/mol. The van der Waals surface area contributed by atoms with E-state index in [0.717, 1.165) is 47.3 Å². The zero-order chi connectivity index (χ0) is 26.2. The van der Waals surface area contributed by atoms with Crippen LogP contribution in [0.1, 0.15) is 68.2 Å². The molecule has 2 aromatic carbocycles. The zero-order valence-corrected chi connectivity index (χ0v) is 22.6. The summed E-state index contributed by atoms with van der Waals surface area (Å²) in [5.74, 6) is -0.865. The van der Waals surface area contributed by atoms with Gasteiger partial charge in [-0.2, -0.15) is 0 Å². The van der Waals surface area contributed by atoms with E-state index in [0.29, 0.717) is 5.69 Å². The number of carbonyl (C=O) groups is 2. The number of amides is 2. The molecule has 1 atom stereocenters. The van der Waals surface area contributed by atoms with Crippen LogP contribution in [0.4, 0.5) is 10.1 Å². The lowest BCUT2D eigenvalue weighted by molar-refractivity contribution is -0.136. The van der Waals surface area contributed by atoms with Crippen LogP contribution < -0.4 is 4.90 Å². The van der Waals surface area contributed by atoms with Gasteiger partial charge in [-0.25, -0.2) is 4.39 Å². The Hall–Kier alpha value is -2.86. The Kier molecular flexibility index (Phi) is 9.94. The van der Waals surface area contributed by atoms with Crippen molar-refractivity contribution < 1.29 is 14.0 Å². The van der Waals surface area contributed by atoms with Gasteiger partial charge in [0.2, 0.25) is 11.8 Å². The number of carbonyl (C=O) groups excluding carboxylic acids is 2. The van der Waals surface area contributed by atoms with Gasteiger partial charge >= 0.3 is 0 Å². The van der Waals surface area contributed by atoms with Gasteiger partial charge in [0.25, 0.3) is 0 Å². The van der Waals surface area contributed by atoms with Gasteiger partial charge in [0, 0.05) is 18.8 Å². The highest BCUT2D eigenvalue weighted by molar-refractivity contribution is 8.05. The van der Waals surface area contributed by atoms with Gasteiger partial charge in [-0.3, -0.25) is 14.5 Å². The van der Waals surface area contributed by atoms with Gasteiger partial charge in [-0.05, 0) is 73.3 Å². The first-order valence-corrected chi connectivity index (χ1v) is 13.5. The highest BCUT2D eigenvalue weighted by Crippen LogP contribution is 2.35. The summed E-state index contributed by atoms with van der Waals surface area (Å²) in [5.41, 5.74) is 3.04. The lowest BCUT2D eigenvalue weighted by atomic mass is 9.92. The summed E-state index contributed by atoms with van der Waals surface area (Å²) < 4.78 is 14.4. The van der Waals surface area contributed by atoms with Gasteiger partial charge < -0.3 is 4.90 Å². The van der Waals surface area contributed by atoms with Crippen molar-refractivity contribution in [1.82, 2.24) is 4.90 Å². The van der Waals surface area contributed by atoms with Crippen molar-refractivity contribution in [3.8, 4) is 0 Å². The van der Waals surface area contributed by atoms with Crippen LogP contribution in [0.25, 0.3) is 0 Å². The molecule has 3 rings (SSSR count). The number of allylic oxidation sites excluding steroid dienone is 1. The maximum atomic E-state index is 14.4. The van der Waals surface area contributed by atoms with Crippen molar-refractivity contribution in [3.05, 3.63) is 87.9 Å². The lowest BCUT2D eigenvalue weighted by Crippen LogP contribution is -2.48. The average Bonchev–Trinajstić information content (AvgIpc) is 2.88. The van der Waals surface area contributed by atoms with Crippen molar-refractivity contribution in [2.75, 3.05) is 11.9 Å². The molecule has 2 aromatic rings. The van der Waals surface area contributed by atoms with Gasteiger partial charge in [-0.1, -0.05) is 61.7 Å². The molecule has 0 aliphatic heterocycles. The van der Waals surface area contributed by atoms with E-state index in [2.05, 4.69) is 6.58 Å². The first-order valence-electron chi connectivity index (χ1n) is 12.6. The van der Waals surface area contributed by atoms with Crippen LogP contribution in [-0.4, -0.2) is 29.8 Å². The van der Waals surface area contributed by atoms with Crippen LogP contribution in [0.5, 0.6) is 0 Å². The molecule has 36 heavy (non-hydrogen) atoms. The molecule has 0 heterocycles. The summed E-state index contributed by atoms with van der Waals surface area (Å²) in [7, 11) is 1.84. The Labute approximate surface area is 219 Å². The molecule has 1 fully saturated rings. The number of nitrogens with zero attached hydrogens (tertiary/aromatic N) is 2. The first kappa shape index (κ1) is 27.7. The fourth-order valence-electron chi connectivity index (χ4n) is 4.89. The predicted molar refractivity (Wildman–Crippen MR) is 148 cm³/mol. The van der Waals surface area contributed by atoms with Crippen LogP contribution in [0, 0.1) is 19.7 Å². The van der Waals surface area contributed by atoms with Crippen LogP contribution >= 0.6 is 11.8 Å². The minimum atomic E-state index is -0.905. The second kappa shape index (κ2) is 12.9. The standard InChI is InChI=1S/C30H37FN2O2S/c1-6-26(36-7-2)20-28(34)33(25-15-11-12-23(31)19-25)29(27-18-21(3)16-17-22(27)4)30(35)32(5)24-13-9-8-10-14-24/h6-7,11-12,15-19,24,29H,2,8-10,13-14,20H2,1,3-5H3/b26-6-. The second-order valence-electron chi connectivity index (χ2n) is 9.46. The molecule has 0 radical (unpaired) electrons. The summed E-state index contributed by atoms with van der Waals surface area (Å²) in [6.45, 7) is 9.56. The number of anilines is 1. The van der Waals surface area contributed by atoms with Gasteiger partial charge in [0.15, 0.2) is 0 Å². The fourth-order valence-corrected chi connectivity index (χ4v) is 5.45. The molecule has 4 nitrogen and oxygen atoms in total. The van der Waals surface area contributed by atoms with E-state index in [4.69, 9.17) is 0 Å². The summed E-state index contributed by atoms with van der Waals surface area (Å²) in [6, 6.07) is 11.1. The molecular weight excluding hydrogens is 471 g/mol. The molecular formula is C30H37FN2O2S. The third-order valence-corrected chi connectivity index (χ3v) is 7.78.